The van der Waals surface area contributed by atoms with E-state index < -0.39 is 20.6 Å². The predicted molar refractivity (Wildman–Crippen MR) is 127 cm³/mol. The van der Waals surface area contributed by atoms with Crippen LogP contribution < -0.4 is 14.8 Å². The number of methoxy groups -OCH3 is 1. The molecule has 1 aliphatic rings. The second-order valence-corrected chi connectivity index (χ2v) is 10.7. The second kappa shape index (κ2) is 11.0. The summed E-state index contributed by atoms with van der Waals surface area (Å²) in [6, 6.07) is 13.3. The molecular formula is C25H33NO6S. The van der Waals surface area contributed by atoms with Crippen LogP contribution in [0.1, 0.15) is 44.6 Å². The fraction of sp³-hybridized carbons (Fsp3) is 0.480. The first-order valence-electron chi connectivity index (χ1n) is 11.4. The van der Waals surface area contributed by atoms with Crippen molar-refractivity contribution >= 4 is 15.8 Å². The molecule has 2 aromatic carbocycles. The second-order valence-electron chi connectivity index (χ2n) is 8.44. The van der Waals surface area contributed by atoms with E-state index >= 15 is 0 Å². The Morgan fingerprint density at radius 2 is 1.76 bits per heavy atom. The first-order valence-corrected chi connectivity index (χ1v) is 12.9. The molecule has 1 heterocycles. The molecule has 3 rings (SSSR count). The van der Waals surface area contributed by atoms with E-state index in [0.29, 0.717) is 29.7 Å². The summed E-state index contributed by atoms with van der Waals surface area (Å²) >= 11 is 0. The third-order valence-corrected chi connectivity index (χ3v) is 8.93. The van der Waals surface area contributed by atoms with Crippen LogP contribution in [-0.2, 0) is 21.1 Å². The number of carbonyl (C=O) groups is 1. The fourth-order valence-electron chi connectivity index (χ4n) is 4.25. The minimum atomic E-state index is -4.17. The van der Waals surface area contributed by atoms with Crippen molar-refractivity contribution in [3.63, 3.8) is 0 Å². The summed E-state index contributed by atoms with van der Waals surface area (Å²) in [5.41, 5.74) is 0.623. The molecule has 1 saturated heterocycles. The molecule has 33 heavy (non-hydrogen) atoms. The maximum absolute atomic E-state index is 13.4. The Bertz CT molecular complexity index is 1010. The lowest BCUT2D eigenvalue weighted by atomic mass is 9.96. The Labute approximate surface area is 196 Å². The van der Waals surface area contributed by atoms with Gasteiger partial charge in [-0.05, 0) is 74.2 Å². The molecular weight excluding hydrogens is 442 g/mol. The lowest BCUT2D eigenvalue weighted by Crippen LogP contribution is -2.48. The molecule has 1 aliphatic heterocycles. The number of aliphatic carboxylic acids is 1. The van der Waals surface area contributed by atoms with E-state index in [2.05, 4.69) is 5.32 Å². The van der Waals surface area contributed by atoms with Gasteiger partial charge in [0.1, 0.15) is 11.5 Å². The van der Waals surface area contributed by atoms with Crippen molar-refractivity contribution in [3.8, 4) is 11.5 Å². The van der Waals surface area contributed by atoms with Gasteiger partial charge in [-0.15, -0.1) is 0 Å². The number of sulfone groups is 1. The number of carboxylic acids is 1. The highest BCUT2D eigenvalue weighted by Gasteiger charge is 2.50. The molecule has 7 nitrogen and oxygen atoms in total. The van der Waals surface area contributed by atoms with E-state index in [1.54, 1.807) is 31.2 Å². The van der Waals surface area contributed by atoms with Gasteiger partial charge in [0.2, 0.25) is 0 Å². The van der Waals surface area contributed by atoms with Crippen LogP contribution in [0.2, 0.25) is 0 Å². The van der Waals surface area contributed by atoms with Crippen molar-refractivity contribution < 1.29 is 27.8 Å². The lowest BCUT2D eigenvalue weighted by molar-refractivity contribution is -0.140. The molecule has 2 N–H and O–H groups in total. The molecule has 180 valence electrons. The zero-order valence-corrected chi connectivity index (χ0v) is 20.1. The topological polar surface area (TPSA) is 102 Å². The summed E-state index contributed by atoms with van der Waals surface area (Å²) in [4.78, 5) is 12.3. The van der Waals surface area contributed by atoms with E-state index in [0.717, 1.165) is 13.0 Å². The highest BCUT2D eigenvalue weighted by atomic mass is 32.2. The number of hydrogen-bond donors (Lipinski definition) is 2. The Morgan fingerprint density at radius 1 is 1.09 bits per heavy atom. The lowest BCUT2D eigenvalue weighted by Gasteiger charge is -2.28. The van der Waals surface area contributed by atoms with Crippen molar-refractivity contribution in [2.75, 3.05) is 20.3 Å². The standard InChI is InChI=1S/C25H33NO6S/c1-3-25(24(27)28,33(29,30)23-13-11-21(31-2)12-14-23)18-19-7-9-22(10-8-19)32-17-15-20-6-4-5-16-26-20/h7-14,20,26H,3-6,15-18H2,1-2H3,(H,27,28). The van der Waals surface area contributed by atoms with Crippen LogP contribution in [-0.4, -0.2) is 50.5 Å². The molecule has 8 heteroatoms. The van der Waals surface area contributed by atoms with Gasteiger partial charge in [-0.3, -0.25) is 4.79 Å². The maximum Gasteiger partial charge on any atom is 0.325 e. The average molecular weight is 476 g/mol. The van der Waals surface area contributed by atoms with Gasteiger partial charge in [0.15, 0.2) is 14.6 Å². The third kappa shape index (κ3) is 5.68. The monoisotopic (exact) mass is 475 g/mol. The van der Waals surface area contributed by atoms with Crippen LogP contribution in [0.15, 0.2) is 53.4 Å². The van der Waals surface area contributed by atoms with Crippen molar-refractivity contribution in [2.45, 2.75) is 61.1 Å². The SMILES string of the molecule is CCC(Cc1ccc(OCCC2CCCCN2)cc1)(C(=O)O)S(=O)(=O)c1ccc(OC)cc1. The number of rotatable bonds is 11. The Kier molecular flexibility index (Phi) is 8.37. The number of ether oxygens (including phenoxy) is 2. The van der Waals surface area contributed by atoms with Crippen LogP contribution in [0, 0.1) is 0 Å². The van der Waals surface area contributed by atoms with Crippen molar-refractivity contribution in [1.29, 1.82) is 0 Å². The van der Waals surface area contributed by atoms with E-state index in [-0.39, 0.29) is 17.7 Å². The number of carboxylic acid groups (broad SMARTS) is 1. The molecule has 0 bridgehead atoms. The normalized spacial score (nSPS) is 18.3. The number of piperidine rings is 1. The maximum atomic E-state index is 13.4. The molecule has 0 saturated carbocycles. The molecule has 0 aliphatic carbocycles. The van der Waals surface area contributed by atoms with Crippen LogP contribution in [0.5, 0.6) is 11.5 Å². The highest BCUT2D eigenvalue weighted by molar-refractivity contribution is 7.93. The quantitative estimate of drug-likeness (QED) is 0.509. The van der Waals surface area contributed by atoms with Gasteiger partial charge >= 0.3 is 5.97 Å². The van der Waals surface area contributed by atoms with Gasteiger partial charge in [-0.1, -0.05) is 25.5 Å². The van der Waals surface area contributed by atoms with Gasteiger partial charge in [0, 0.05) is 12.5 Å². The molecule has 2 unspecified atom stereocenters. The number of benzene rings is 2. The first-order chi connectivity index (χ1) is 15.8. The molecule has 0 amide bonds. The number of nitrogens with one attached hydrogen (secondary N) is 1. The molecule has 0 spiro atoms. The third-order valence-electron chi connectivity index (χ3n) is 6.41. The summed E-state index contributed by atoms with van der Waals surface area (Å²) in [6.45, 7) is 3.24. The predicted octanol–water partition coefficient (Wildman–Crippen LogP) is 3.86. The summed E-state index contributed by atoms with van der Waals surface area (Å²) < 4.78 is 35.8. The molecule has 2 aromatic rings. The highest BCUT2D eigenvalue weighted by Crippen LogP contribution is 2.34. The van der Waals surface area contributed by atoms with Crippen LogP contribution in [0.3, 0.4) is 0 Å². The van der Waals surface area contributed by atoms with E-state index in [4.69, 9.17) is 9.47 Å². The van der Waals surface area contributed by atoms with Crippen LogP contribution in [0.4, 0.5) is 0 Å². The van der Waals surface area contributed by atoms with Gasteiger partial charge in [-0.25, -0.2) is 8.42 Å². The summed E-state index contributed by atoms with van der Waals surface area (Å²) in [5.74, 6) is -0.174. The first kappa shape index (κ1) is 25.1. The minimum absolute atomic E-state index is 0.0381. The summed E-state index contributed by atoms with van der Waals surface area (Å²) in [7, 11) is -2.68. The molecule has 0 radical (unpaired) electrons. The van der Waals surface area contributed by atoms with Crippen molar-refractivity contribution in [1.82, 2.24) is 5.32 Å². The summed E-state index contributed by atoms with van der Waals surface area (Å²) in [6.07, 6.45) is 4.36. The zero-order chi connectivity index (χ0) is 23.9. The van der Waals surface area contributed by atoms with E-state index in [9.17, 15) is 18.3 Å². The van der Waals surface area contributed by atoms with Gasteiger partial charge in [-0.2, -0.15) is 0 Å². The Hall–Kier alpha value is -2.58. The average Bonchev–Trinajstić information content (AvgIpc) is 2.84. The molecule has 0 aromatic heterocycles. The zero-order valence-electron chi connectivity index (χ0n) is 19.2. The molecule has 1 fully saturated rings. The smallest absolute Gasteiger partial charge is 0.325 e. The molecule has 2 atom stereocenters. The van der Waals surface area contributed by atoms with Gasteiger partial charge in [0.05, 0.1) is 18.6 Å². The number of hydrogen-bond acceptors (Lipinski definition) is 6. The van der Waals surface area contributed by atoms with Gasteiger partial charge in [0.25, 0.3) is 0 Å². The largest absolute Gasteiger partial charge is 0.497 e. The van der Waals surface area contributed by atoms with Crippen LogP contribution in [0.25, 0.3) is 0 Å². The minimum Gasteiger partial charge on any atom is -0.497 e. The Morgan fingerprint density at radius 3 is 2.30 bits per heavy atom. The van der Waals surface area contributed by atoms with Gasteiger partial charge < -0.3 is 19.9 Å². The Balaban J connectivity index is 1.73. The van der Waals surface area contributed by atoms with E-state index in [1.165, 1.54) is 50.6 Å². The fourth-order valence-corrected chi connectivity index (χ4v) is 6.17. The van der Waals surface area contributed by atoms with E-state index in [1.807, 2.05) is 0 Å². The van der Waals surface area contributed by atoms with Crippen molar-refractivity contribution in [3.05, 3.63) is 54.1 Å². The van der Waals surface area contributed by atoms with Crippen LogP contribution >= 0.6 is 0 Å². The summed E-state index contributed by atoms with van der Waals surface area (Å²) in [5, 5.41) is 13.5. The van der Waals surface area contributed by atoms with Crippen molar-refractivity contribution in [2.24, 2.45) is 0 Å².